The van der Waals surface area contributed by atoms with E-state index in [9.17, 15) is 18.4 Å². The van der Waals surface area contributed by atoms with Gasteiger partial charge in [-0.25, -0.2) is 13.6 Å². The fourth-order valence-corrected chi connectivity index (χ4v) is 2.04. The molecule has 0 aliphatic carbocycles. The highest BCUT2D eigenvalue weighted by atomic mass is 19.1. The van der Waals surface area contributed by atoms with E-state index in [1.54, 1.807) is 0 Å². The molecule has 0 saturated carbocycles. The normalized spacial score (nSPS) is 10.2. The molecule has 0 bridgehead atoms. The van der Waals surface area contributed by atoms with Crippen LogP contribution in [0.25, 0.3) is 0 Å². The Labute approximate surface area is 142 Å². The second-order valence-corrected chi connectivity index (χ2v) is 5.11. The smallest absolute Gasteiger partial charge is 0.323 e. The topological polar surface area (TPSA) is 90.5 Å². The first-order valence-corrected chi connectivity index (χ1v) is 7.52. The van der Waals surface area contributed by atoms with Crippen molar-refractivity contribution in [2.45, 2.75) is 6.42 Å². The van der Waals surface area contributed by atoms with Crippen molar-refractivity contribution in [3.8, 4) is 0 Å². The second kappa shape index (κ2) is 8.74. The molecule has 6 nitrogen and oxygen atoms in total. The van der Waals surface area contributed by atoms with E-state index in [1.165, 1.54) is 24.3 Å². The van der Waals surface area contributed by atoms with Crippen molar-refractivity contribution in [1.29, 1.82) is 0 Å². The first kappa shape index (κ1) is 18.3. The first-order valence-electron chi connectivity index (χ1n) is 7.52. The number of nitrogens with one attached hydrogen (secondary N) is 3. The Morgan fingerprint density at radius 3 is 2.48 bits per heavy atom. The maximum absolute atomic E-state index is 13.5. The van der Waals surface area contributed by atoms with Gasteiger partial charge in [0.25, 0.3) is 5.91 Å². The number of carbonyl (C=O) groups is 2. The van der Waals surface area contributed by atoms with Crippen molar-refractivity contribution in [2.24, 2.45) is 0 Å². The van der Waals surface area contributed by atoms with E-state index < -0.39 is 23.6 Å². The summed E-state index contributed by atoms with van der Waals surface area (Å²) >= 11 is 0. The number of urea groups is 1. The van der Waals surface area contributed by atoms with Crippen molar-refractivity contribution in [1.82, 2.24) is 5.32 Å². The molecule has 4 N–H and O–H groups in total. The summed E-state index contributed by atoms with van der Waals surface area (Å²) in [7, 11) is 0. The van der Waals surface area contributed by atoms with Crippen LogP contribution in [0.5, 0.6) is 0 Å². The van der Waals surface area contributed by atoms with Gasteiger partial charge in [-0.1, -0.05) is 6.07 Å². The zero-order chi connectivity index (χ0) is 18.2. The number of halogens is 2. The quantitative estimate of drug-likeness (QED) is 0.605. The monoisotopic (exact) mass is 349 g/mol. The highest BCUT2D eigenvalue weighted by Gasteiger charge is 2.14. The highest BCUT2D eigenvalue weighted by Crippen LogP contribution is 2.18. The average molecular weight is 349 g/mol. The van der Waals surface area contributed by atoms with Crippen molar-refractivity contribution in [3.63, 3.8) is 0 Å². The predicted molar refractivity (Wildman–Crippen MR) is 89.5 cm³/mol. The Balaban J connectivity index is 2.10. The molecule has 0 atom stereocenters. The van der Waals surface area contributed by atoms with E-state index in [4.69, 9.17) is 5.11 Å². The zero-order valence-electron chi connectivity index (χ0n) is 13.2. The summed E-state index contributed by atoms with van der Waals surface area (Å²) in [6.45, 7) is 0.159. The van der Waals surface area contributed by atoms with Gasteiger partial charge < -0.3 is 21.1 Å². The predicted octanol–water partition coefficient (Wildman–Crippen LogP) is 2.72. The van der Waals surface area contributed by atoms with Gasteiger partial charge >= 0.3 is 6.03 Å². The van der Waals surface area contributed by atoms with Crippen LogP contribution in [0.15, 0.2) is 42.5 Å². The van der Waals surface area contributed by atoms with Gasteiger partial charge in [0.1, 0.15) is 11.6 Å². The number of aliphatic hydroxyl groups excluding tert-OH is 1. The van der Waals surface area contributed by atoms with Gasteiger partial charge in [0.05, 0.1) is 11.3 Å². The molecule has 3 amide bonds. The van der Waals surface area contributed by atoms with Crippen molar-refractivity contribution < 1.29 is 23.5 Å². The number of aliphatic hydroxyl groups is 1. The van der Waals surface area contributed by atoms with Gasteiger partial charge in [-0.15, -0.1) is 0 Å². The van der Waals surface area contributed by atoms with Crippen LogP contribution in [0.1, 0.15) is 16.8 Å². The standard InChI is InChI=1S/C17H17F2N3O3/c18-11-3-1-4-13(9-11)21-17(25)22-15-10-12(19)5-6-14(15)16(24)20-7-2-8-23/h1,3-6,9-10,23H,2,7-8H2,(H,20,24)(H2,21,22,25). The summed E-state index contributed by atoms with van der Waals surface area (Å²) in [6.07, 6.45) is 0.371. The summed E-state index contributed by atoms with van der Waals surface area (Å²) in [6, 6.07) is 7.84. The fourth-order valence-electron chi connectivity index (χ4n) is 2.04. The Bertz CT molecular complexity index is 769. The zero-order valence-corrected chi connectivity index (χ0v) is 13.2. The van der Waals surface area contributed by atoms with E-state index in [0.29, 0.717) is 6.42 Å². The Morgan fingerprint density at radius 2 is 1.76 bits per heavy atom. The molecular weight excluding hydrogens is 332 g/mol. The molecule has 132 valence electrons. The van der Waals surface area contributed by atoms with Crippen LogP contribution < -0.4 is 16.0 Å². The summed E-state index contributed by atoms with van der Waals surface area (Å²) < 4.78 is 26.6. The Hall–Kier alpha value is -3.00. The van der Waals surface area contributed by atoms with Crippen LogP contribution in [-0.4, -0.2) is 30.2 Å². The van der Waals surface area contributed by atoms with Crippen LogP contribution in [0.2, 0.25) is 0 Å². The van der Waals surface area contributed by atoms with Crippen LogP contribution in [0, 0.1) is 11.6 Å². The number of hydrogen-bond donors (Lipinski definition) is 4. The third-order valence-electron chi connectivity index (χ3n) is 3.18. The first-order chi connectivity index (χ1) is 12.0. The maximum Gasteiger partial charge on any atom is 0.323 e. The van der Waals surface area contributed by atoms with Crippen molar-refractivity contribution >= 4 is 23.3 Å². The second-order valence-electron chi connectivity index (χ2n) is 5.11. The third kappa shape index (κ3) is 5.54. The van der Waals surface area contributed by atoms with Crippen molar-refractivity contribution in [3.05, 3.63) is 59.7 Å². The number of benzene rings is 2. The largest absolute Gasteiger partial charge is 0.396 e. The minimum atomic E-state index is -0.749. The fraction of sp³-hybridized carbons (Fsp3) is 0.176. The molecule has 2 rings (SSSR count). The molecule has 8 heteroatoms. The van der Waals surface area contributed by atoms with Gasteiger partial charge in [0.2, 0.25) is 0 Å². The summed E-state index contributed by atoms with van der Waals surface area (Å²) in [5.41, 5.74) is 0.243. The van der Waals surface area contributed by atoms with Crippen LogP contribution in [-0.2, 0) is 0 Å². The Kier molecular flexibility index (Phi) is 6.41. The van der Waals surface area contributed by atoms with E-state index in [2.05, 4.69) is 16.0 Å². The lowest BCUT2D eigenvalue weighted by Gasteiger charge is -2.12. The molecule has 0 saturated heterocycles. The van der Waals surface area contributed by atoms with Crippen LogP contribution >= 0.6 is 0 Å². The van der Waals surface area contributed by atoms with Crippen LogP contribution in [0.4, 0.5) is 25.0 Å². The highest BCUT2D eigenvalue weighted by molar-refractivity contribution is 6.06. The molecule has 0 heterocycles. The summed E-state index contributed by atoms with van der Waals surface area (Å²) in [5, 5.41) is 16.0. The molecule has 0 fully saturated rings. The third-order valence-corrected chi connectivity index (χ3v) is 3.18. The molecule has 0 aliphatic rings. The van der Waals surface area contributed by atoms with E-state index in [0.717, 1.165) is 18.2 Å². The molecule has 2 aromatic rings. The van der Waals surface area contributed by atoms with Gasteiger partial charge in [-0.05, 0) is 42.8 Å². The Morgan fingerprint density at radius 1 is 1.00 bits per heavy atom. The molecule has 0 spiro atoms. The molecule has 0 aromatic heterocycles. The van der Waals surface area contributed by atoms with Gasteiger partial charge in [-0.3, -0.25) is 4.79 Å². The SMILES string of the molecule is O=C(Nc1cccc(F)c1)Nc1cc(F)ccc1C(=O)NCCCO. The van der Waals surface area contributed by atoms with Gasteiger partial charge in [0, 0.05) is 18.8 Å². The molecule has 0 radical (unpaired) electrons. The summed E-state index contributed by atoms with van der Waals surface area (Å²) in [5.74, 6) is -1.67. The van der Waals surface area contributed by atoms with E-state index in [-0.39, 0.29) is 30.1 Å². The number of amides is 3. The van der Waals surface area contributed by atoms with Crippen molar-refractivity contribution in [2.75, 3.05) is 23.8 Å². The number of carbonyl (C=O) groups excluding carboxylic acids is 2. The maximum atomic E-state index is 13.5. The van der Waals surface area contributed by atoms with E-state index in [1.807, 2.05) is 0 Å². The number of hydrogen-bond acceptors (Lipinski definition) is 3. The number of anilines is 2. The average Bonchev–Trinajstić information content (AvgIpc) is 2.55. The lowest BCUT2D eigenvalue weighted by Crippen LogP contribution is -2.27. The minimum Gasteiger partial charge on any atom is -0.396 e. The molecule has 25 heavy (non-hydrogen) atoms. The molecule has 0 unspecified atom stereocenters. The lowest BCUT2D eigenvalue weighted by molar-refractivity contribution is 0.0952. The molecule has 0 aliphatic heterocycles. The molecular formula is C17H17F2N3O3. The van der Waals surface area contributed by atoms with Crippen LogP contribution in [0.3, 0.4) is 0 Å². The van der Waals surface area contributed by atoms with Gasteiger partial charge in [-0.2, -0.15) is 0 Å². The molecule has 2 aromatic carbocycles. The lowest BCUT2D eigenvalue weighted by atomic mass is 10.1. The summed E-state index contributed by atoms with van der Waals surface area (Å²) in [4.78, 5) is 24.1. The minimum absolute atomic E-state index is 0.0320. The van der Waals surface area contributed by atoms with Gasteiger partial charge in [0.15, 0.2) is 0 Å². The number of rotatable bonds is 6. The van der Waals surface area contributed by atoms with E-state index >= 15 is 0 Å².